The van der Waals surface area contributed by atoms with Crippen molar-refractivity contribution >= 4 is 32.9 Å². The number of rotatable bonds is 4. The third-order valence-electron chi connectivity index (χ3n) is 6.95. The van der Waals surface area contributed by atoms with Crippen LogP contribution in [0.5, 0.6) is 0 Å². The molecule has 1 aliphatic rings. The molecule has 5 aromatic rings. The lowest BCUT2D eigenvalue weighted by Gasteiger charge is -2.12. The summed E-state index contributed by atoms with van der Waals surface area (Å²) in [5, 5.41) is 4.93. The van der Waals surface area contributed by atoms with Crippen LogP contribution in [0.1, 0.15) is 45.0 Å². The topological polar surface area (TPSA) is 53.9 Å². The Bertz CT molecular complexity index is 1570. The molecule has 6 rings (SSSR count). The lowest BCUT2D eigenvalue weighted by Crippen LogP contribution is -2.06. The van der Waals surface area contributed by atoms with Crippen molar-refractivity contribution in [2.24, 2.45) is 10.9 Å². The van der Waals surface area contributed by atoms with Crippen LogP contribution in [0.15, 0.2) is 72.1 Å². The molecule has 1 N–H and O–H groups in total. The maximum absolute atomic E-state index is 5.03. The number of imidazole rings is 1. The van der Waals surface area contributed by atoms with Crippen molar-refractivity contribution in [1.82, 2.24) is 15.0 Å². The molecular formula is C30H28N4. The lowest BCUT2D eigenvalue weighted by atomic mass is 9.91. The molecule has 1 aliphatic heterocycles. The molecule has 2 aromatic heterocycles. The molecule has 0 unspecified atom stereocenters. The normalized spacial score (nSPS) is 13.3. The van der Waals surface area contributed by atoms with Gasteiger partial charge in [-0.15, -0.1) is 0 Å². The zero-order chi connectivity index (χ0) is 23.4. The fourth-order valence-electron chi connectivity index (χ4n) is 4.94. The van der Waals surface area contributed by atoms with Crippen molar-refractivity contribution in [2.45, 2.75) is 40.0 Å². The first kappa shape index (κ1) is 20.8. The number of aliphatic imine (C=N–C) groups is 1. The molecule has 0 atom stereocenters. The summed E-state index contributed by atoms with van der Waals surface area (Å²) in [7, 11) is 0. The number of hydrogen-bond acceptors (Lipinski definition) is 3. The van der Waals surface area contributed by atoms with E-state index in [1.807, 2.05) is 18.6 Å². The summed E-state index contributed by atoms with van der Waals surface area (Å²) < 4.78 is 0. The second-order valence-corrected chi connectivity index (χ2v) is 9.86. The zero-order valence-corrected chi connectivity index (χ0v) is 20.1. The van der Waals surface area contributed by atoms with Crippen molar-refractivity contribution in [3.63, 3.8) is 0 Å². The number of nitrogens with zero attached hydrogens (tertiary/aromatic N) is 3. The van der Waals surface area contributed by atoms with Crippen molar-refractivity contribution in [3.8, 4) is 22.4 Å². The molecule has 0 bridgehead atoms. The molecule has 0 fully saturated rings. The van der Waals surface area contributed by atoms with Gasteiger partial charge >= 0.3 is 0 Å². The van der Waals surface area contributed by atoms with Crippen molar-refractivity contribution in [2.75, 3.05) is 0 Å². The lowest BCUT2D eigenvalue weighted by molar-refractivity contribution is 0.795. The summed E-state index contributed by atoms with van der Waals surface area (Å²) in [5.74, 6) is 1.85. The molecule has 3 heterocycles. The Morgan fingerprint density at radius 3 is 2.24 bits per heavy atom. The summed E-state index contributed by atoms with van der Waals surface area (Å²) in [5.41, 5.74) is 8.33. The number of pyridine rings is 1. The molecular weight excluding hydrogens is 416 g/mol. The molecule has 0 saturated carbocycles. The van der Waals surface area contributed by atoms with E-state index in [9.17, 15) is 0 Å². The van der Waals surface area contributed by atoms with E-state index in [1.165, 1.54) is 38.6 Å². The van der Waals surface area contributed by atoms with Crippen LogP contribution in [0.4, 0.5) is 5.69 Å². The first-order chi connectivity index (χ1) is 16.5. The van der Waals surface area contributed by atoms with Gasteiger partial charge in [0.1, 0.15) is 5.82 Å². The number of fused-ring (bicyclic) bond motifs is 6. The van der Waals surface area contributed by atoms with Crippen molar-refractivity contribution < 1.29 is 0 Å². The fraction of sp³-hybridized carbons (Fsp3) is 0.233. The minimum Gasteiger partial charge on any atom is -0.342 e. The van der Waals surface area contributed by atoms with Crippen LogP contribution in [-0.2, 0) is 6.42 Å². The number of aromatic nitrogens is 3. The minimum absolute atomic E-state index is 0.388. The van der Waals surface area contributed by atoms with Gasteiger partial charge < -0.3 is 4.98 Å². The van der Waals surface area contributed by atoms with Crippen LogP contribution in [0, 0.1) is 5.92 Å². The van der Waals surface area contributed by atoms with Crippen LogP contribution >= 0.6 is 0 Å². The van der Waals surface area contributed by atoms with Gasteiger partial charge in [0.15, 0.2) is 0 Å². The maximum Gasteiger partial charge on any atom is 0.109 e. The first-order valence-electron chi connectivity index (χ1n) is 12.0. The Morgan fingerprint density at radius 2 is 1.50 bits per heavy atom. The Hall–Kier alpha value is -3.79. The Labute approximate surface area is 199 Å². The van der Waals surface area contributed by atoms with Gasteiger partial charge in [0.25, 0.3) is 0 Å². The fourth-order valence-corrected chi connectivity index (χ4v) is 4.94. The number of aromatic amines is 1. The Kier molecular flexibility index (Phi) is 4.84. The molecule has 0 saturated heterocycles. The predicted octanol–water partition coefficient (Wildman–Crippen LogP) is 7.85. The van der Waals surface area contributed by atoms with Crippen LogP contribution < -0.4 is 0 Å². The van der Waals surface area contributed by atoms with E-state index in [4.69, 9.17) is 4.99 Å². The molecule has 4 heteroatoms. The highest BCUT2D eigenvalue weighted by atomic mass is 14.9. The first-order valence-corrected chi connectivity index (χ1v) is 12.0. The highest BCUT2D eigenvalue weighted by molar-refractivity contribution is 6.18. The summed E-state index contributed by atoms with van der Waals surface area (Å²) in [6, 6.07) is 17.7. The maximum atomic E-state index is 5.03. The van der Waals surface area contributed by atoms with Gasteiger partial charge in [0.2, 0.25) is 0 Å². The number of hydrogen-bond donors (Lipinski definition) is 1. The van der Waals surface area contributed by atoms with Gasteiger partial charge in [-0.2, -0.15) is 0 Å². The Balaban J connectivity index is 1.44. The van der Waals surface area contributed by atoms with E-state index in [0.717, 1.165) is 34.6 Å². The summed E-state index contributed by atoms with van der Waals surface area (Å²) in [6.07, 6.45) is 6.70. The molecule has 4 nitrogen and oxygen atoms in total. The van der Waals surface area contributed by atoms with Gasteiger partial charge in [0, 0.05) is 35.8 Å². The molecule has 34 heavy (non-hydrogen) atoms. The highest BCUT2D eigenvalue weighted by Gasteiger charge is 2.23. The average molecular weight is 445 g/mol. The molecule has 0 aliphatic carbocycles. The molecule has 168 valence electrons. The van der Waals surface area contributed by atoms with Crippen LogP contribution in [-0.4, -0.2) is 20.7 Å². The second-order valence-electron chi connectivity index (χ2n) is 9.86. The SMILES string of the molecule is CC(C)C1=Nc2c(c3ccc(-c4ccc(-c5cnc(C(C)C)[nH]5)cc4)cc3c3ccncc23)C1. The van der Waals surface area contributed by atoms with Gasteiger partial charge in [-0.25, -0.2) is 4.98 Å². The molecule has 0 amide bonds. The summed E-state index contributed by atoms with van der Waals surface area (Å²) in [4.78, 5) is 17.4. The predicted molar refractivity (Wildman–Crippen MR) is 142 cm³/mol. The summed E-state index contributed by atoms with van der Waals surface area (Å²) in [6.45, 7) is 8.75. The molecule has 0 spiro atoms. The van der Waals surface area contributed by atoms with Gasteiger partial charge in [-0.1, -0.05) is 64.1 Å². The molecule has 3 aromatic carbocycles. The van der Waals surface area contributed by atoms with Crippen LogP contribution in [0.25, 0.3) is 43.9 Å². The summed E-state index contributed by atoms with van der Waals surface area (Å²) >= 11 is 0. The average Bonchev–Trinajstić information content (AvgIpc) is 3.53. The highest BCUT2D eigenvalue weighted by Crippen LogP contribution is 2.43. The second kappa shape index (κ2) is 7.91. The quantitative estimate of drug-likeness (QED) is 0.287. The van der Waals surface area contributed by atoms with Crippen LogP contribution in [0.2, 0.25) is 0 Å². The zero-order valence-electron chi connectivity index (χ0n) is 20.1. The van der Waals surface area contributed by atoms with Gasteiger partial charge in [0.05, 0.1) is 17.6 Å². The Morgan fingerprint density at radius 1 is 0.735 bits per heavy atom. The smallest absolute Gasteiger partial charge is 0.109 e. The van der Waals surface area contributed by atoms with E-state index in [1.54, 1.807) is 0 Å². The number of benzene rings is 3. The largest absolute Gasteiger partial charge is 0.342 e. The number of nitrogens with one attached hydrogen (secondary N) is 1. The van der Waals surface area contributed by atoms with Gasteiger partial charge in [-0.05, 0) is 56.5 Å². The van der Waals surface area contributed by atoms with E-state index < -0.39 is 0 Å². The van der Waals surface area contributed by atoms with E-state index in [0.29, 0.717) is 11.8 Å². The molecule has 0 radical (unpaired) electrons. The van der Waals surface area contributed by atoms with E-state index in [-0.39, 0.29) is 0 Å². The van der Waals surface area contributed by atoms with Gasteiger partial charge in [-0.3, -0.25) is 9.98 Å². The van der Waals surface area contributed by atoms with Crippen LogP contribution in [0.3, 0.4) is 0 Å². The van der Waals surface area contributed by atoms with Crippen molar-refractivity contribution in [1.29, 1.82) is 0 Å². The minimum atomic E-state index is 0.388. The standard InChI is InChI=1S/C30H28N4/c1-17(2)27-14-25-22-10-9-21(13-24(22)23-11-12-31-15-26(23)29(25)33-27)19-5-7-20(8-6-19)28-16-32-30(34-28)18(3)4/h5-13,15-18H,14H2,1-4H3,(H,32,34). The van der Waals surface area contributed by atoms with E-state index in [2.05, 4.69) is 91.2 Å². The number of H-pyrrole nitrogens is 1. The third-order valence-corrected chi connectivity index (χ3v) is 6.95. The van der Waals surface area contributed by atoms with E-state index >= 15 is 0 Å². The third kappa shape index (κ3) is 3.33. The van der Waals surface area contributed by atoms with Crippen molar-refractivity contribution in [3.05, 3.63) is 78.5 Å². The monoisotopic (exact) mass is 444 g/mol.